The Balaban J connectivity index is 1.39. The summed E-state index contributed by atoms with van der Waals surface area (Å²) in [5.41, 5.74) is 16.0. The lowest BCUT2D eigenvalue weighted by molar-refractivity contribution is 0.982. The Bertz CT molecular complexity index is 2340. The van der Waals surface area contributed by atoms with Gasteiger partial charge in [0.05, 0.1) is 0 Å². The molecule has 2 unspecified atom stereocenters. The van der Waals surface area contributed by atoms with Gasteiger partial charge in [0.2, 0.25) is 0 Å². The van der Waals surface area contributed by atoms with Crippen LogP contribution in [0.4, 0.5) is 0 Å². The van der Waals surface area contributed by atoms with Gasteiger partial charge in [-0.05, 0) is 137 Å². The summed E-state index contributed by atoms with van der Waals surface area (Å²) in [6, 6.07) is 43.2. The fourth-order valence-electron chi connectivity index (χ4n) is 9.05. The smallest absolute Gasteiger partial charge is 0.00201 e. The Kier molecular flexibility index (Phi) is 5.24. The van der Waals surface area contributed by atoms with Crippen LogP contribution in [-0.2, 0) is 0 Å². The Morgan fingerprint density at radius 1 is 0.533 bits per heavy atom. The van der Waals surface area contributed by atoms with Crippen molar-refractivity contribution in [1.29, 1.82) is 0 Å². The summed E-state index contributed by atoms with van der Waals surface area (Å²) >= 11 is 0. The molecule has 0 aromatic heterocycles. The Labute approximate surface area is 264 Å². The van der Waals surface area contributed by atoms with Crippen molar-refractivity contribution >= 4 is 38.4 Å². The molecular formula is C45H34. The molecule has 0 amide bonds. The third-order valence-corrected chi connectivity index (χ3v) is 11.1. The summed E-state index contributed by atoms with van der Waals surface area (Å²) < 4.78 is 0. The van der Waals surface area contributed by atoms with Crippen LogP contribution in [0.5, 0.6) is 0 Å². The zero-order valence-corrected chi connectivity index (χ0v) is 25.6. The van der Waals surface area contributed by atoms with E-state index in [9.17, 15) is 0 Å². The lowest BCUT2D eigenvalue weighted by atomic mass is 9.73. The third kappa shape index (κ3) is 3.49. The van der Waals surface area contributed by atoms with Crippen LogP contribution in [0, 0.1) is 6.92 Å². The van der Waals surface area contributed by atoms with Crippen LogP contribution in [0.2, 0.25) is 0 Å². The SMILES string of the molecule is C=Cc1c(C2CC2)c(-c2c3ccccc3c(-c3cccc4ccccc34)c3ccccc23)c(C)c2c1C1CC1c1ccccc1-2. The quantitative estimate of drug-likeness (QED) is 0.183. The van der Waals surface area contributed by atoms with Crippen LogP contribution < -0.4 is 0 Å². The van der Waals surface area contributed by atoms with Crippen molar-refractivity contribution in [3.05, 3.63) is 150 Å². The maximum atomic E-state index is 4.49. The van der Waals surface area contributed by atoms with Crippen LogP contribution >= 0.6 is 0 Å². The molecule has 0 N–H and O–H groups in total. The Morgan fingerprint density at radius 3 is 1.80 bits per heavy atom. The molecule has 0 nitrogen and oxygen atoms in total. The molecule has 2 saturated carbocycles. The normalized spacial score (nSPS) is 18.1. The first-order chi connectivity index (χ1) is 22.2. The van der Waals surface area contributed by atoms with Crippen LogP contribution in [0.3, 0.4) is 0 Å². The highest BCUT2D eigenvalue weighted by Crippen LogP contribution is 2.66. The summed E-state index contributed by atoms with van der Waals surface area (Å²) in [5.74, 6) is 1.88. The van der Waals surface area contributed by atoms with E-state index in [1.807, 2.05) is 0 Å². The van der Waals surface area contributed by atoms with Gasteiger partial charge in [-0.3, -0.25) is 0 Å². The zero-order valence-electron chi connectivity index (χ0n) is 25.6. The summed E-state index contributed by atoms with van der Waals surface area (Å²) in [6.45, 7) is 6.92. The van der Waals surface area contributed by atoms with E-state index in [2.05, 4.69) is 135 Å². The minimum Gasteiger partial charge on any atom is -0.0984 e. The fourth-order valence-corrected chi connectivity index (χ4v) is 9.05. The predicted octanol–water partition coefficient (Wildman–Crippen LogP) is 12.6. The number of hydrogen-bond acceptors (Lipinski definition) is 0. The molecule has 214 valence electrons. The van der Waals surface area contributed by atoms with E-state index in [1.165, 1.54) is 96.1 Å². The summed E-state index contributed by atoms with van der Waals surface area (Å²) in [6.07, 6.45) is 6.01. The third-order valence-electron chi connectivity index (χ3n) is 11.1. The van der Waals surface area contributed by atoms with Gasteiger partial charge in [0, 0.05) is 0 Å². The van der Waals surface area contributed by atoms with E-state index in [4.69, 9.17) is 0 Å². The molecule has 0 saturated heterocycles. The van der Waals surface area contributed by atoms with Crippen LogP contribution in [0.1, 0.15) is 64.8 Å². The van der Waals surface area contributed by atoms with Gasteiger partial charge >= 0.3 is 0 Å². The molecule has 0 heterocycles. The van der Waals surface area contributed by atoms with Crippen molar-refractivity contribution < 1.29 is 0 Å². The fraction of sp³-hybridized carbons (Fsp3) is 0.156. The molecule has 2 atom stereocenters. The molecule has 0 bridgehead atoms. The van der Waals surface area contributed by atoms with Crippen molar-refractivity contribution in [1.82, 2.24) is 0 Å². The van der Waals surface area contributed by atoms with Crippen LogP contribution in [0.15, 0.2) is 122 Å². The van der Waals surface area contributed by atoms with E-state index in [0.717, 1.165) is 0 Å². The molecule has 45 heavy (non-hydrogen) atoms. The average Bonchev–Trinajstić information content (AvgIpc) is 4.02. The van der Waals surface area contributed by atoms with Crippen molar-refractivity contribution in [2.75, 3.05) is 0 Å². The number of fused-ring (bicyclic) bond motifs is 9. The van der Waals surface area contributed by atoms with E-state index >= 15 is 0 Å². The molecule has 0 aliphatic heterocycles. The Hall–Kier alpha value is -4.94. The van der Waals surface area contributed by atoms with Gasteiger partial charge in [-0.15, -0.1) is 0 Å². The average molecular weight is 575 g/mol. The highest BCUT2D eigenvalue weighted by atomic mass is 14.5. The molecule has 7 aromatic rings. The second kappa shape index (κ2) is 9.29. The topological polar surface area (TPSA) is 0 Å². The summed E-state index contributed by atoms with van der Waals surface area (Å²) in [4.78, 5) is 0. The van der Waals surface area contributed by atoms with E-state index in [1.54, 1.807) is 16.7 Å². The second-order valence-electron chi connectivity index (χ2n) is 13.5. The molecule has 2 fully saturated rings. The van der Waals surface area contributed by atoms with Crippen molar-refractivity contribution in [2.45, 2.75) is 43.9 Å². The van der Waals surface area contributed by atoms with Gasteiger partial charge in [0.25, 0.3) is 0 Å². The minimum absolute atomic E-state index is 0.599. The maximum absolute atomic E-state index is 4.49. The first kappa shape index (κ1) is 25.4. The molecule has 3 aliphatic rings. The van der Waals surface area contributed by atoms with E-state index < -0.39 is 0 Å². The van der Waals surface area contributed by atoms with Crippen molar-refractivity contribution in [3.8, 4) is 33.4 Å². The molecule has 7 aromatic carbocycles. The monoisotopic (exact) mass is 574 g/mol. The standard InChI is InChI=1S/C45H34/c1-3-29-42(28-23-24-28)41(26(2)40-33-17-7-6-16-31(33)38-25-39(38)44(29)40)45-36-20-10-8-18-34(36)43(35-19-9-11-21-37(35)45)32-22-12-14-27-13-4-5-15-30(27)32/h3-22,28,38-39H,1,23-25H2,2H3. The summed E-state index contributed by atoms with van der Waals surface area (Å²) in [5, 5.41) is 7.91. The molecule has 0 radical (unpaired) electrons. The molecule has 0 spiro atoms. The van der Waals surface area contributed by atoms with Crippen molar-refractivity contribution in [3.63, 3.8) is 0 Å². The van der Waals surface area contributed by atoms with Gasteiger partial charge in [-0.2, -0.15) is 0 Å². The zero-order chi connectivity index (χ0) is 29.8. The predicted molar refractivity (Wildman–Crippen MR) is 192 cm³/mol. The molecule has 0 heteroatoms. The largest absolute Gasteiger partial charge is 0.0984 e. The highest BCUT2D eigenvalue weighted by Gasteiger charge is 2.48. The first-order valence-electron chi connectivity index (χ1n) is 16.6. The molecular weight excluding hydrogens is 540 g/mol. The number of rotatable bonds is 4. The summed E-state index contributed by atoms with van der Waals surface area (Å²) in [7, 11) is 0. The maximum Gasteiger partial charge on any atom is -0.00201 e. The van der Waals surface area contributed by atoms with Gasteiger partial charge in [0.1, 0.15) is 0 Å². The second-order valence-corrected chi connectivity index (χ2v) is 13.5. The van der Waals surface area contributed by atoms with E-state index in [0.29, 0.717) is 17.8 Å². The van der Waals surface area contributed by atoms with Gasteiger partial charge in [-0.1, -0.05) is 128 Å². The first-order valence-corrected chi connectivity index (χ1v) is 16.6. The lowest BCUT2D eigenvalue weighted by Gasteiger charge is -2.30. The van der Waals surface area contributed by atoms with E-state index in [-0.39, 0.29) is 0 Å². The lowest BCUT2D eigenvalue weighted by Crippen LogP contribution is -2.09. The van der Waals surface area contributed by atoms with Gasteiger partial charge in [0.15, 0.2) is 0 Å². The van der Waals surface area contributed by atoms with Crippen LogP contribution in [0.25, 0.3) is 71.8 Å². The molecule has 10 rings (SSSR count). The highest BCUT2D eigenvalue weighted by molar-refractivity contribution is 6.24. The van der Waals surface area contributed by atoms with Crippen molar-refractivity contribution in [2.24, 2.45) is 0 Å². The van der Waals surface area contributed by atoms with Gasteiger partial charge < -0.3 is 0 Å². The number of hydrogen-bond donors (Lipinski definition) is 0. The van der Waals surface area contributed by atoms with Gasteiger partial charge in [-0.25, -0.2) is 0 Å². The Morgan fingerprint density at radius 2 is 1.11 bits per heavy atom. The number of benzene rings is 7. The minimum atomic E-state index is 0.599. The van der Waals surface area contributed by atoms with Crippen LogP contribution in [-0.4, -0.2) is 0 Å². The molecule has 3 aliphatic carbocycles.